The van der Waals surface area contributed by atoms with E-state index in [1.807, 2.05) is 4.68 Å². The van der Waals surface area contributed by atoms with Crippen LogP contribution in [0.3, 0.4) is 0 Å². The number of piperazine rings is 3. The molecule has 1 aromatic rings. The number of nitrogens with two attached hydrogens (primary N) is 1. The van der Waals surface area contributed by atoms with Crippen molar-refractivity contribution in [1.82, 2.24) is 19.6 Å². The lowest BCUT2D eigenvalue weighted by Gasteiger charge is -2.49. The van der Waals surface area contributed by atoms with Crippen molar-refractivity contribution < 1.29 is 4.74 Å². The molecule has 0 radical (unpaired) electrons. The van der Waals surface area contributed by atoms with Gasteiger partial charge in [0.25, 0.3) is 0 Å². The number of methoxy groups -OCH3 is 1. The molecule has 112 valence electrons. The standard InChI is InChI=1S/C13H22ClN5O/c1-20-7-6-19-13(10(14)8-16-19)12(15)11-9-17-2-4-18(11)5-3-17/h8,11-12H,2-7,9,15H2,1H3. The monoisotopic (exact) mass is 299 g/mol. The summed E-state index contributed by atoms with van der Waals surface area (Å²) in [4.78, 5) is 4.96. The van der Waals surface area contributed by atoms with Crippen LogP contribution in [0.1, 0.15) is 11.7 Å². The molecule has 0 aromatic carbocycles. The fourth-order valence-electron chi connectivity index (χ4n) is 3.24. The molecule has 2 N–H and O–H groups in total. The summed E-state index contributed by atoms with van der Waals surface area (Å²) in [5.41, 5.74) is 7.45. The predicted molar refractivity (Wildman–Crippen MR) is 77.8 cm³/mol. The average molecular weight is 300 g/mol. The second-order valence-corrected chi connectivity index (χ2v) is 5.93. The molecule has 0 amide bonds. The van der Waals surface area contributed by atoms with Crippen LogP contribution < -0.4 is 5.73 Å². The molecular weight excluding hydrogens is 278 g/mol. The zero-order valence-electron chi connectivity index (χ0n) is 11.8. The van der Waals surface area contributed by atoms with Gasteiger partial charge >= 0.3 is 0 Å². The smallest absolute Gasteiger partial charge is 0.0834 e. The summed E-state index contributed by atoms with van der Waals surface area (Å²) in [6.45, 7) is 6.82. The van der Waals surface area contributed by atoms with E-state index < -0.39 is 0 Å². The predicted octanol–water partition coefficient (Wildman–Crippen LogP) is 0.183. The molecule has 3 fully saturated rings. The molecule has 7 heteroatoms. The van der Waals surface area contributed by atoms with Gasteiger partial charge in [0.15, 0.2) is 0 Å². The Balaban J connectivity index is 1.79. The van der Waals surface area contributed by atoms with E-state index in [-0.39, 0.29) is 6.04 Å². The molecular formula is C13H22ClN5O. The number of aromatic nitrogens is 2. The summed E-state index contributed by atoms with van der Waals surface area (Å²) in [6.07, 6.45) is 1.68. The number of rotatable bonds is 5. The Bertz CT molecular complexity index is 458. The normalized spacial score (nSPS) is 30.6. The van der Waals surface area contributed by atoms with Crippen molar-refractivity contribution in [2.24, 2.45) is 5.73 Å². The zero-order chi connectivity index (χ0) is 14.1. The summed E-state index contributed by atoms with van der Waals surface area (Å²) in [5.74, 6) is 0. The minimum atomic E-state index is -0.107. The van der Waals surface area contributed by atoms with Gasteiger partial charge in [0.2, 0.25) is 0 Å². The van der Waals surface area contributed by atoms with Crippen LogP contribution >= 0.6 is 11.6 Å². The van der Waals surface area contributed by atoms with Crippen molar-refractivity contribution in [3.63, 3.8) is 0 Å². The highest BCUT2D eigenvalue weighted by molar-refractivity contribution is 6.31. The maximum atomic E-state index is 6.52. The maximum absolute atomic E-state index is 6.52. The molecule has 4 rings (SSSR count). The van der Waals surface area contributed by atoms with Gasteiger partial charge in [-0.05, 0) is 0 Å². The Morgan fingerprint density at radius 3 is 2.80 bits per heavy atom. The van der Waals surface area contributed by atoms with E-state index in [4.69, 9.17) is 22.1 Å². The lowest BCUT2D eigenvalue weighted by atomic mass is 9.98. The summed E-state index contributed by atoms with van der Waals surface area (Å²) in [6, 6.07) is 0.220. The lowest BCUT2D eigenvalue weighted by molar-refractivity contribution is 0.000880. The van der Waals surface area contributed by atoms with Crippen molar-refractivity contribution in [3.05, 3.63) is 16.9 Å². The second-order valence-electron chi connectivity index (χ2n) is 5.52. The highest BCUT2D eigenvalue weighted by Crippen LogP contribution is 2.29. The molecule has 3 saturated heterocycles. The van der Waals surface area contributed by atoms with E-state index in [1.165, 1.54) is 0 Å². The van der Waals surface area contributed by atoms with Gasteiger partial charge in [0.05, 0.1) is 36.1 Å². The molecule has 20 heavy (non-hydrogen) atoms. The third-order valence-corrected chi connectivity index (χ3v) is 4.68. The highest BCUT2D eigenvalue weighted by Gasteiger charge is 2.37. The van der Waals surface area contributed by atoms with Crippen LogP contribution in [-0.4, -0.2) is 72.1 Å². The molecule has 3 aliphatic heterocycles. The average Bonchev–Trinajstić information content (AvgIpc) is 2.86. The quantitative estimate of drug-likeness (QED) is 0.841. The van der Waals surface area contributed by atoms with Crippen LogP contribution in [0.2, 0.25) is 5.02 Å². The molecule has 3 aliphatic rings. The Morgan fingerprint density at radius 2 is 2.20 bits per heavy atom. The van der Waals surface area contributed by atoms with Gasteiger partial charge in [0, 0.05) is 45.9 Å². The summed E-state index contributed by atoms with van der Waals surface area (Å²) < 4.78 is 7.01. The van der Waals surface area contributed by atoms with Crippen LogP contribution in [0.15, 0.2) is 6.20 Å². The molecule has 2 atom stereocenters. The molecule has 4 heterocycles. The third-order valence-electron chi connectivity index (χ3n) is 4.39. The molecule has 1 aromatic heterocycles. The van der Waals surface area contributed by atoms with Crippen LogP contribution in [0, 0.1) is 0 Å². The summed E-state index contributed by atoms with van der Waals surface area (Å²) in [5, 5.41) is 4.98. The van der Waals surface area contributed by atoms with E-state index in [9.17, 15) is 0 Å². The Labute approximate surface area is 124 Å². The maximum Gasteiger partial charge on any atom is 0.0834 e. The van der Waals surface area contributed by atoms with Crippen LogP contribution in [0.4, 0.5) is 0 Å². The van der Waals surface area contributed by atoms with Crippen molar-refractivity contribution in [3.8, 4) is 0 Å². The third kappa shape index (κ3) is 2.58. The Morgan fingerprint density at radius 1 is 1.45 bits per heavy atom. The summed E-state index contributed by atoms with van der Waals surface area (Å²) in [7, 11) is 1.68. The van der Waals surface area contributed by atoms with Crippen LogP contribution in [0.5, 0.6) is 0 Å². The van der Waals surface area contributed by atoms with Crippen molar-refractivity contribution in [1.29, 1.82) is 0 Å². The first-order chi connectivity index (χ1) is 9.70. The second kappa shape index (κ2) is 5.99. The fourth-order valence-corrected chi connectivity index (χ4v) is 3.51. The van der Waals surface area contributed by atoms with Crippen LogP contribution in [-0.2, 0) is 11.3 Å². The first-order valence-corrected chi connectivity index (χ1v) is 7.50. The molecule has 0 saturated carbocycles. The molecule has 6 nitrogen and oxygen atoms in total. The first kappa shape index (κ1) is 14.3. The fraction of sp³-hybridized carbons (Fsp3) is 0.769. The first-order valence-electron chi connectivity index (χ1n) is 7.13. The number of hydrogen-bond acceptors (Lipinski definition) is 5. The number of hydrogen-bond donors (Lipinski definition) is 1. The van der Waals surface area contributed by atoms with Crippen molar-refractivity contribution in [2.75, 3.05) is 46.4 Å². The van der Waals surface area contributed by atoms with Gasteiger partial charge in [-0.3, -0.25) is 14.5 Å². The molecule has 2 bridgehead atoms. The molecule has 2 unspecified atom stereocenters. The van der Waals surface area contributed by atoms with Crippen molar-refractivity contribution >= 4 is 11.6 Å². The Hall–Kier alpha value is -0.660. The van der Waals surface area contributed by atoms with Gasteiger partial charge in [-0.15, -0.1) is 0 Å². The van der Waals surface area contributed by atoms with Gasteiger partial charge in [0.1, 0.15) is 0 Å². The van der Waals surface area contributed by atoms with E-state index in [2.05, 4.69) is 14.9 Å². The molecule has 0 spiro atoms. The molecule has 0 aliphatic carbocycles. The minimum absolute atomic E-state index is 0.107. The number of fused-ring (bicyclic) bond motifs is 3. The van der Waals surface area contributed by atoms with Gasteiger partial charge in [-0.2, -0.15) is 5.10 Å². The van der Waals surface area contributed by atoms with Crippen LogP contribution in [0.25, 0.3) is 0 Å². The number of halogens is 1. The highest BCUT2D eigenvalue weighted by atomic mass is 35.5. The zero-order valence-corrected chi connectivity index (χ0v) is 12.6. The SMILES string of the molecule is COCCn1ncc(Cl)c1C(N)C1CN2CCN1CC2. The topological polar surface area (TPSA) is 59.6 Å². The van der Waals surface area contributed by atoms with E-state index in [0.29, 0.717) is 24.2 Å². The minimum Gasteiger partial charge on any atom is -0.383 e. The van der Waals surface area contributed by atoms with E-state index in [1.54, 1.807) is 13.3 Å². The van der Waals surface area contributed by atoms with Gasteiger partial charge in [-0.25, -0.2) is 0 Å². The summed E-state index contributed by atoms with van der Waals surface area (Å²) >= 11 is 6.30. The van der Waals surface area contributed by atoms with Gasteiger partial charge in [-0.1, -0.05) is 11.6 Å². The number of nitrogens with zero attached hydrogens (tertiary/aromatic N) is 4. The lowest BCUT2D eigenvalue weighted by Crippen LogP contribution is -2.63. The van der Waals surface area contributed by atoms with Crippen molar-refractivity contribution in [2.45, 2.75) is 18.6 Å². The largest absolute Gasteiger partial charge is 0.383 e. The van der Waals surface area contributed by atoms with E-state index >= 15 is 0 Å². The van der Waals surface area contributed by atoms with Gasteiger partial charge < -0.3 is 10.5 Å². The number of ether oxygens (including phenoxy) is 1. The Kier molecular flexibility index (Phi) is 4.28. The van der Waals surface area contributed by atoms with E-state index in [0.717, 1.165) is 38.4 Å².